The summed E-state index contributed by atoms with van der Waals surface area (Å²) in [6.45, 7) is 6.62. The number of hydrogen-bond donors (Lipinski definition) is 0. The molecule has 66 heavy (non-hydrogen) atoms. The molecule has 0 saturated heterocycles. The summed E-state index contributed by atoms with van der Waals surface area (Å²) in [6, 6.07) is 0. The Balaban J connectivity index is 4.17. The lowest BCUT2D eigenvalue weighted by Gasteiger charge is -2.18. The third-order valence-corrected chi connectivity index (χ3v) is 12.9. The van der Waals surface area contributed by atoms with Crippen LogP contribution in [0.2, 0.25) is 0 Å². The maximum Gasteiger partial charge on any atom is 0.306 e. The van der Waals surface area contributed by atoms with Crippen LogP contribution in [0.3, 0.4) is 0 Å². The first-order valence-corrected chi connectivity index (χ1v) is 29.0. The molecular formula is C60H110O6. The van der Waals surface area contributed by atoms with Gasteiger partial charge in [0.05, 0.1) is 0 Å². The van der Waals surface area contributed by atoms with E-state index in [1.165, 1.54) is 193 Å². The summed E-state index contributed by atoms with van der Waals surface area (Å²) < 4.78 is 16.8. The predicted octanol–water partition coefficient (Wildman–Crippen LogP) is 19.3. The van der Waals surface area contributed by atoms with Crippen LogP contribution in [0.4, 0.5) is 0 Å². The van der Waals surface area contributed by atoms with Gasteiger partial charge in [-0.15, -0.1) is 0 Å². The summed E-state index contributed by atoms with van der Waals surface area (Å²) in [4.78, 5) is 37.9. The first kappa shape index (κ1) is 63.6. The largest absolute Gasteiger partial charge is 0.462 e. The summed E-state index contributed by atoms with van der Waals surface area (Å²) in [7, 11) is 0. The lowest BCUT2D eigenvalue weighted by molar-refractivity contribution is -0.167. The molecule has 6 heteroatoms. The van der Waals surface area contributed by atoms with E-state index in [2.05, 4.69) is 57.2 Å². The second kappa shape index (κ2) is 55.2. The van der Waals surface area contributed by atoms with Crippen molar-refractivity contribution >= 4 is 17.9 Å². The van der Waals surface area contributed by atoms with E-state index in [1.54, 1.807) is 0 Å². The Morgan fingerprint density at radius 1 is 0.303 bits per heavy atom. The van der Waals surface area contributed by atoms with Crippen molar-refractivity contribution in [2.75, 3.05) is 13.2 Å². The van der Waals surface area contributed by atoms with E-state index in [9.17, 15) is 14.4 Å². The summed E-state index contributed by atoms with van der Waals surface area (Å²) >= 11 is 0. The zero-order valence-corrected chi connectivity index (χ0v) is 44.2. The van der Waals surface area contributed by atoms with Gasteiger partial charge in [0.15, 0.2) is 6.10 Å². The number of rotatable bonds is 53. The first-order valence-electron chi connectivity index (χ1n) is 29.0. The quantitative estimate of drug-likeness (QED) is 0.0262. The molecule has 0 aliphatic rings. The molecule has 0 N–H and O–H groups in total. The molecule has 0 heterocycles. The second-order valence-electron chi connectivity index (χ2n) is 19.6. The number of unbranched alkanes of at least 4 members (excludes halogenated alkanes) is 36. The molecule has 6 nitrogen and oxygen atoms in total. The molecule has 0 aliphatic carbocycles. The van der Waals surface area contributed by atoms with Crippen molar-refractivity contribution in [2.24, 2.45) is 0 Å². The summed E-state index contributed by atoms with van der Waals surface area (Å²) in [5.41, 5.74) is 0. The zero-order chi connectivity index (χ0) is 47.9. The monoisotopic (exact) mass is 927 g/mol. The van der Waals surface area contributed by atoms with Gasteiger partial charge in [0.2, 0.25) is 0 Å². The Morgan fingerprint density at radius 2 is 0.545 bits per heavy atom. The molecular weight excluding hydrogens is 817 g/mol. The van der Waals surface area contributed by atoms with Crippen LogP contribution in [-0.4, -0.2) is 37.2 Å². The second-order valence-corrected chi connectivity index (χ2v) is 19.6. The smallest absolute Gasteiger partial charge is 0.306 e. The van der Waals surface area contributed by atoms with Gasteiger partial charge in [0, 0.05) is 19.3 Å². The molecule has 0 spiro atoms. The Morgan fingerprint density at radius 3 is 0.848 bits per heavy atom. The molecule has 0 aromatic heterocycles. The summed E-state index contributed by atoms with van der Waals surface area (Å²) in [5.74, 6) is -0.868. The predicted molar refractivity (Wildman–Crippen MR) is 284 cm³/mol. The molecule has 1 unspecified atom stereocenters. The zero-order valence-electron chi connectivity index (χ0n) is 44.2. The fraction of sp³-hybridized carbons (Fsp3) is 0.850. The van der Waals surface area contributed by atoms with Gasteiger partial charge in [-0.1, -0.05) is 269 Å². The molecule has 0 aromatic rings. The maximum atomic E-state index is 12.8. The van der Waals surface area contributed by atoms with Crippen LogP contribution in [0.15, 0.2) is 36.5 Å². The van der Waals surface area contributed by atoms with Crippen molar-refractivity contribution in [1.82, 2.24) is 0 Å². The van der Waals surface area contributed by atoms with Crippen LogP contribution in [0, 0.1) is 0 Å². The first-order chi connectivity index (χ1) is 32.5. The molecule has 386 valence electrons. The van der Waals surface area contributed by atoms with E-state index in [0.717, 1.165) is 77.0 Å². The number of carbonyl (C=O) groups is 3. The average Bonchev–Trinajstić information content (AvgIpc) is 3.31. The molecule has 0 aliphatic heterocycles. The molecule has 1 atom stereocenters. The molecule has 0 fully saturated rings. The van der Waals surface area contributed by atoms with Gasteiger partial charge >= 0.3 is 17.9 Å². The van der Waals surface area contributed by atoms with Crippen LogP contribution >= 0.6 is 0 Å². The average molecular weight is 928 g/mol. The molecule has 0 bridgehead atoms. The highest BCUT2D eigenvalue weighted by molar-refractivity contribution is 5.71. The molecule has 0 radical (unpaired) electrons. The number of allylic oxidation sites excluding steroid dienone is 6. The highest BCUT2D eigenvalue weighted by atomic mass is 16.6. The van der Waals surface area contributed by atoms with Crippen LogP contribution in [0.1, 0.15) is 310 Å². The molecule has 0 aromatic carbocycles. The van der Waals surface area contributed by atoms with Crippen LogP contribution < -0.4 is 0 Å². The SMILES string of the molecule is CCCCCCC/C=C\C/C=C\C/C=C\CCCCCCCCCCC(=O)OCC(COC(=O)CCCCCCCCC)OC(=O)CCCCCCCCCCCCCCCCCCCC. The minimum atomic E-state index is -0.769. The fourth-order valence-corrected chi connectivity index (χ4v) is 8.51. The lowest BCUT2D eigenvalue weighted by Crippen LogP contribution is -2.30. The van der Waals surface area contributed by atoms with Crippen molar-refractivity contribution in [3.8, 4) is 0 Å². The van der Waals surface area contributed by atoms with E-state index < -0.39 is 6.10 Å². The Bertz CT molecular complexity index is 1110. The van der Waals surface area contributed by atoms with Gasteiger partial charge in [0.1, 0.15) is 13.2 Å². The van der Waals surface area contributed by atoms with Crippen molar-refractivity contribution < 1.29 is 28.6 Å². The van der Waals surface area contributed by atoms with Crippen molar-refractivity contribution in [2.45, 2.75) is 316 Å². The topological polar surface area (TPSA) is 78.9 Å². The highest BCUT2D eigenvalue weighted by Gasteiger charge is 2.19. The minimum absolute atomic E-state index is 0.0709. The Kier molecular flexibility index (Phi) is 53.2. The van der Waals surface area contributed by atoms with E-state index >= 15 is 0 Å². The standard InChI is InChI=1S/C60H110O6/c1-4-7-10-13-16-18-20-22-24-26-28-29-30-31-32-34-35-37-39-41-44-47-50-53-59(62)65-56-57(55-64-58(61)52-49-46-43-15-12-9-6-3)66-60(63)54-51-48-45-42-40-38-36-33-27-25-23-21-19-17-14-11-8-5-2/h20,22,26,28,30-31,57H,4-19,21,23-25,27,29,32-56H2,1-3H3/b22-20-,28-26-,31-30-. The van der Waals surface area contributed by atoms with E-state index in [4.69, 9.17) is 14.2 Å². The van der Waals surface area contributed by atoms with Crippen molar-refractivity contribution in [3.05, 3.63) is 36.5 Å². The maximum absolute atomic E-state index is 12.8. The normalized spacial score (nSPS) is 12.2. The molecule has 0 amide bonds. The summed E-state index contributed by atoms with van der Waals surface area (Å²) in [5, 5.41) is 0. The highest BCUT2D eigenvalue weighted by Crippen LogP contribution is 2.17. The fourth-order valence-electron chi connectivity index (χ4n) is 8.51. The van der Waals surface area contributed by atoms with Crippen molar-refractivity contribution in [3.63, 3.8) is 0 Å². The summed E-state index contributed by atoms with van der Waals surface area (Å²) in [6.07, 6.45) is 65.8. The van der Waals surface area contributed by atoms with Gasteiger partial charge in [-0.05, 0) is 57.8 Å². The number of carbonyl (C=O) groups excluding carboxylic acids is 3. The Labute approximate surface area is 410 Å². The van der Waals surface area contributed by atoms with Gasteiger partial charge in [-0.3, -0.25) is 14.4 Å². The molecule has 0 rings (SSSR count). The van der Waals surface area contributed by atoms with Gasteiger partial charge in [-0.25, -0.2) is 0 Å². The van der Waals surface area contributed by atoms with E-state index in [0.29, 0.717) is 19.3 Å². The Hall–Kier alpha value is -2.37. The number of esters is 3. The van der Waals surface area contributed by atoms with E-state index in [1.807, 2.05) is 0 Å². The third kappa shape index (κ3) is 52.6. The molecule has 0 saturated carbocycles. The van der Waals surface area contributed by atoms with Gasteiger partial charge in [-0.2, -0.15) is 0 Å². The van der Waals surface area contributed by atoms with Crippen LogP contribution in [-0.2, 0) is 28.6 Å². The minimum Gasteiger partial charge on any atom is -0.462 e. The van der Waals surface area contributed by atoms with Gasteiger partial charge in [0.25, 0.3) is 0 Å². The third-order valence-electron chi connectivity index (χ3n) is 12.9. The number of hydrogen-bond acceptors (Lipinski definition) is 6. The lowest BCUT2D eigenvalue weighted by atomic mass is 10.0. The number of ether oxygens (including phenoxy) is 3. The van der Waals surface area contributed by atoms with Crippen LogP contribution in [0.5, 0.6) is 0 Å². The van der Waals surface area contributed by atoms with Crippen LogP contribution in [0.25, 0.3) is 0 Å². The van der Waals surface area contributed by atoms with E-state index in [-0.39, 0.29) is 31.1 Å². The van der Waals surface area contributed by atoms with Crippen molar-refractivity contribution in [1.29, 1.82) is 0 Å². The van der Waals surface area contributed by atoms with Gasteiger partial charge < -0.3 is 14.2 Å².